The number of rotatable bonds is 4. The molecule has 3 nitrogen and oxygen atoms in total. The van der Waals surface area contributed by atoms with Gasteiger partial charge in [0.15, 0.2) is 8.32 Å². The van der Waals surface area contributed by atoms with Gasteiger partial charge in [-0.1, -0.05) is 55.4 Å². The van der Waals surface area contributed by atoms with Crippen molar-refractivity contribution in [2.75, 3.05) is 0 Å². The Morgan fingerprint density at radius 1 is 1.03 bits per heavy atom. The standard InChI is InChI=1S/C33H58O3Si/c1-20(2)18-33(35)19-21(3)26-28(33)29(34)27-24-12-11-22-17-23(36-37(9,10)30(4,5)6)13-15-31(22,7)25(24)14-16-32(26,27)8/h20-28,35H,11-19H2,1-10H3/t21-,22+,23+,24-,25+,26+,27+,28-,31+,32-,33+/m1/s1. The molecule has 0 heterocycles. The van der Waals surface area contributed by atoms with E-state index in [9.17, 15) is 9.90 Å². The second-order valence-electron chi connectivity index (χ2n) is 17.1. The van der Waals surface area contributed by atoms with Gasteiger partial charge in [-0.25, -0.2) is 0 Å². The van der Waals surface area contributed by atoms with Gasteiger partial charge in [-0.15, -0.1) is 0 Å². The van der Waals surface area contributed by atoms with E-state index >= 15 is 0 Å². The predicted molar refractivity (Wildman–Crippen MR) is 155 cm³/mol. The van der Waals surface area contributed by atoms with Crippen LogP contribution in [-0.2, 0) is 9.22 Å². The first-order valence-corrected chi connectivity index (χ1v) is 18.8. The molecule has 1 N–H and O–H groups in total. The normalized spacial score (nSPS) is 50.0. The number of hydrogen-bond donors (Lipinski definition) is 1. The molecule has 5 fully saturated rings. The van der Waals surface area contributed by atoms with Crippen LogP contribution in [0.25, 0.3) is 0 Å². The van der Waals surface area contributed by atoms with Crippen molar-refractivity contribution in [3.05, 3.63) is 0 Å². The molecule has 0 unspecified atom stereocenters. The lowest BCUT2D eigenvalue weighted by atomic mass is 9.44. The van der Waals surface area contributed by atoms with Crippen LogP contribution in [-0.4, -0.2) is 30.9 Å². The van der Waals surface area contributed by atoms with E-state index < -0.39 is 13.9 Å². The highest BCUT2D eigenvalue weighted by atomic mass is 28.4. The van der Waals surface area contributed by atoms with Gasteiger partial charge in [0.25, 0.3) is 0 Å². The van der Waals surface area contributed by atoms with Gasteiger partial charge in [-0.05, 0) is 122 Å². The summed E-state index contributed by atoms with van der Waals surface area (Å²) in [7, 11) is -1.76. The van der Waals surface area contributed by atoms with Crippen LogP contribution in [0.3, 0.4) is 0 Å². The van der Waals surface area contributed by atoms with E-state index in [2.05, 4.69) is 68.5 Å². The smallest absolute Gasteiger partial charge is 0.192 e. The van der Waals surface area contributed by atoms with Crippen LogP contribution in [0.1, 0.15) is 113 Å². The number of ketones is 1. The van der Waals surface area contributed by atoms with Crippen LogP contribution in [0, 0.1) is 58.2 Å². The van der Waals surface area contributed by atoms with Crippen molar-refractivity contribution in [3.63, 3.8) is 0 Å². The molecule has 0 aromatic heterocycles. The molecule has 0 amide bonds. The Hall–Kier alpha value is -0.193. The number of hydrogen-bond acceptors (Lipinski definition) is 3. The summed E-state index contributed by atoms with van der Waals surface area (Å²) in [6, 6.07) is 0. The Labute approximate surface area is 229 Å². The average molecular weight is 531 g/mol. The van der Waals surface area contributed by atoms with Crippen LogP contribution in [0.2, 0.25) is 18.1 Å². The maximum atomic E-state index is 14.4. The number of Topliss-reactive ketones (excluding diaryl/α,β-unsaturated/α-hetero) is 1. The second kappa shape index (κ2) is 8.90. The van der Waals surface area contributed by atoms with Gasteiger partial charge < -0.3 is 9.53 Å². The average Bonchev–Trinajstić information content (AvgIpc) is 3.16. The van der Waals surface area contributed by atoms with Crippen LogP contribution in [0.5, 0.6) is 0 Å². The molecular weight excluding hydrogens is 472 g/mol. The lowest BCUT2D eigenvalue weighted by Crippen LogP contribution is -2.56. The molecule has 0 saturated heterocycles. The fourth-order valence-corrected chi connectivity index (χ4v) is 12.5. The zero-order valence-electron chi connectivity index (χ0n) is 25.8. The summed E-state index contributed by atoms with van der Waals surface area (Å²) in [5.74, 6) is 3.65. The first-order valence-electron chi connectivity index (χ1n) is 15.9. The van der Waals surface area contributed by atoms with Crippen molar-refractivity contribution in [2.24, 2.45) is 58.2 Å². The van der Waals surface area contributed by atoms with Gasteiger partial charge in [0.1, 0.15) is 5.78 Å². The Bertz CT molecular complexity index is 906. The van der Waals surface area contributed by atoms with E-state index in [0.717, 1.165) is 18.8 Å². The van der Waals surface area contributed by atoms with E-state index in [1.807, 2.05) is 0 Å². The molecule has 5 saturated carbocycles. The van der Waals surface area contributed by atoms with Gasteiger partial charge in [0.2, 0.25) is 0 Å². The monoisotopic (exact) mass is 530 g/mol. The van der Waals surface area contributed by atoms with Crippen molar-refractivity contribution in [1.82, 2.24) is 0 Å². The third-order valence-corrected chi connectivity index (χ3v) is 18.0. The summed E-state index contributed by atoms with van der Waals surface area (Å²) in [4.78, 5) is 14.4. The fraction of sp³-hybridized carbons (Fsp3) is 0.970. The third kappa shape index (κ3) is 4.19. The second-order valence-corrected chi connectivity index (χ2v) is 21.9. The van der Waals surface area contributed by atoms with Crippen LogP contribution in [0.4, 0.5) is 0 Å². The van der Waals surface area contributed by atoms with Crippen molar-refractivity contribution in [1.29, 1.82) is 0 Å². The van der Waals surface area contributed by atoms with Gasteiger partial charge >= 0.3 is 0 Å². The molecule has 4 heteroatoms. The van der Waals surface area contributed by atoms with E-state index in [-0.39, 0.29) is 22.3 Å². The minimum Gasteiger partial charge on any atom is -0.414 e. The SMILES string of the molecule is CC(C)C[C@]1(O)C[C@@H](C)[C@H]2[C@@H]1C(=O)[C@@H]1[C@@H]3CC[C@H]4C[C@@H](O[Si](C)(C)C(C)(C)C)CC[C@]4(C)[C@H]3CC[C@]21C. The van der Waals surface area contributed by atoms with E-state index in [1.165, 1.54) is 44.9 Å². The molecule has 212 valence electrons. The van der Waals surface area contributed by atoms with Crippen molar-refractivity contribution in [2.45, 2.75) is 143 Å². The molecule has 0 aromatic carbocycles. The van der Waals surface area contributed by atoms with Crippen molar-refractivity contribution >= 4 is 14.1 Å². The number of carbonyl (C=O) groups is 1. The van der Waals surface area contributed by atoms with Gasteiger partial charge in [0.05, 0.1) is 11.5 Å². The van der Waals surface area contributed by atoms with Crippen LogP contribution in [0.15, 0.2) is 0 Å². The van der Waals surface area contributed by atoms with Crippen molar-refractivity contribution in [3.8, 4) is 0 Å². The highest BCUT2D eigenvalue weighted by molar-refractivity contribution is 6.74. The fourth-order valence-electron chi connectivity index (χ4n) is 11.1. The van der Waals surface area contributed by atoms with E-state index in [0.29, 0.717) is 46.9 Å². The minimum absolute atomic E-state index is 0.0790. The minimum atomic E-state index is -1.76. The van der Waals surface area contributed by atoms with E-state index in [4.69, 9.17) is 4.43 Å². The maximum absolute atomic E-state index is 14.4. The summed E-state index contributed by atoms with van der Waals surface area (Å²) in [5.41, 5.74) is -0.365. The van der Waals surface area contributed by atoms with E-state index in [1.54, 1.807) is 0 Å². The Morgan fingerprint density at radius 3 is 2.30 bits per heavy atom. The highest BCUT2D eigenvalue weighted by Crippen LogP contribution is 2.72. The lowest BCUT2D eigenvalue weighted by molar-refractivity contribution is -0.149. The molecule has 0 aromatic rings. The largest absolute Gasteiger partial charge is 0.414 e. The third-order valence-electron chi connectivity index (χ3n) is 13.5. The molecule has 0 aliphatic heterocycles. The van der Waals surface area contributed by atoms with Crippen LogP contribution >= 0.6 is 0 Å². The molecule has 5 aliphatic carbocycles. The van der Waals surface area contributed by atoms with Gasteiger partial charge in [-0.2, -0.15) is 0 Å². The zero-order valence-corrected chi connectivity index (χ0v) is 26.8. The molecule has 0 spiro atoms. The summed E-state index contributed by atoms with van der Waals surface area (Å²) in [6.45, 7) is 23.7. The first kappa shape index (κ1) is 28.3. The molecule has 11 atom stereocenters. The quantitative estimate of drug-likeness (QED) is 0.372. The predicted octanol–water partition coefficient (Wildman–Crippen LogP) is 8.26. The number of aliphatic hydroxyl groups is 1. The Balaban J connectivity index is 1.38. The van der Waals surface area contributed by atoms with Gasteiger partial charge in [-0.3, -0.25) is 4.79 Å². The molecule has 37 heavy (non-hydrogen) atoms. The maximum Gasteiger partial charge on any atom is 0.192 e. The zero-order chi connectivity index (χ0) is 27.3. The topological polar surface area (TPSA) is 46.5 Å². The highest BCUT2D eigenvalue weighted by Gasteiger charge is 2.72. The van der Waals surface area contributed by atoms with Gasteiger partial charge in [0, 0.05) is 12.0 Å². The first-order chi connectivity index (χ1) is 16.9. The number of fused-ring (bicyclic) bond motifs is 7. The van der Waals surface area contributed by atoms with Crippen molar-refractivity contribution < 1.29 is 14.3 Å². The lowest BCUT2D eigenvalue weighted by Gasteiger charge is -2.61. The van der Waals surface area contributed by atoms with Crippen LogP contribution < -0.4 is 0 Å². The molecule has 0 bridgehead atoms. The Morgan fingerprint density at radius 2 is 1.68 bits per heavy atom. The summed E-state index contributed by atoms with van der Waals surface area (Å²) < 4.78 is 6.95. The molecule has 5 rings (SSSR count). The summed E-state index contributed by atoms with van der Waals surface area (Å²) >= 11 is 0. The summed E-state index contributed by atoms with van der Waals surface area (Å²) in [6.07, 6.45) is 10.6. The molecule has 0 radical (unpaired) electrons. The molecule has 5 aliphatic rings. The Kier molecular flexibility index (Phi) is 6.82. The number of carbonyl (C=O) groups excluding carboxylic acids is 1. The molecular formula is C33H58O3Si. The summed E-state index contributed by atoms with van der Waals surface area (Å²) in [5, 5.41) is 12.2.